The summed E-state index contributed by atoms with van der Waals surface area (Å²) in [6, 6.07) is 5.15. The third-order valence-electron chi connectivity index (χ3n) is 2.42. The van der Waals surface area contributed by atoms with Gasteiger partial charge in [-0.3, -0.25) is 0 Å². The molecule has 0 aliphatic carbocycles. The quantitative estimate of drug-likeness (QED) is 0.820. The number of aryl methyl sites for hydroxylation is 1. The van der Waals surface area contributed by atoms with E-state index in [2.05, 4.69) is 5.32 Å². The third-order valence-corrected chi connectivity index (χ3v) is 3.16. The van der Waals surface area contributed by atoms with Gasteiger partial charge in [-0.15, -0.1) is 23.2 Å². The van der Waals surface area contributed by atoms with E-state index in [9.17, 15) is 4.79 Å². The summed E-state index contributed by atoms with van der Waals surface area (Å²) in [5.74, 6) is 0.748. The molecular formula is C12H15Cl3N2O. The highest BCUT2D eigenvalue weighted by molar-refractivity contribution is 6.31. The lowest BCUT2D eigenvalue weighted by atomic mass is 10.2. The Morgan fingerprint density at radius 2 is 1.89 bits per heavy atom. The number of hydrogen-bond donors (Lipinski definition) is 1. The molecule has 0 heterocycles. The minimum absolute atomic E-state index is 0.226. The van der Waals surface area contributed by atoms with E-state index in [1.807, 2.05) is 13.0 Å². The number of urea groups is 1. The zero-order valence-electron chi connectivity index (χ0n) is 10.0. The maximum absolute atomic E-state index is 11.9. The fraction of sp³-hybridized carbons (Fsp3) is 0.417. The molecule has 6 heteroatoms. The summed E-state index contributed by atoms with van der Waals surface area (Å²) >= 11 is 17.3. The van der Waals surface area contributed by atoms with Gasteiger partial charge >= 0.3 is 6.03 Å². The van der Waals surface area contributed by atoms with Crippen molar-refractivity contribution < 1.29 is 4.79 Å². The van der Waals surface area contributed by atoms with Gasteiger partial charge in [0, 0.05) is 35.6 Å². The van der Waals surface area contributed by atoms with Gasteiger partial charge in [0.15, 0.2) is 0 Å². The molecule has 0 aliphatic heterocycles. The summed E-state index contributed by atoms with van der Waals surface area (Å²) in [5.41, 5.74) is 1.62. The summed E-state index contributed by atoms with van der Waals surface area (Å²) in [7, 11) is 0. The van der Waals surface area contributed by atoms with Crippen LogP contribution in [0, 0.1) is 6.92 Å². The number of carbonyl (C=O) groups excluding carboxylic acids is 1. The Balaban J connectivity index is 2.69. The molecule has 1 rings (SSSR count). The van der Waals surface area contributed by atoms with Crippen LogP contribution in [0.3, 0.4) is 0 Å². The van der Waals surface area contributed by atoms with Gasteiger partial charge in [0.2, 0.25) is 0 Å². The first-order valence-electron chi connectivity index (χ1n) is 5.52. The summed E-state index contributed by atoms with van der Waals surface area (Å²) < 4.78 is 0. The molecule has 0 saturated carbocycles. The van der Waals surface area contributed by atoms with E-state index < -0.39 is 0 Å². The Kier molecular flexibility index (Phi) is 6.61. The number of nitrogens with zero attached hydrogens (tertiary/aromatic N) is 1. The number of halogens is 3. The van der Waals surface area contributed by atoms with Crippen molar-refractivity contribution in [3.05, 3.63) is 28.8 Å². The van der Waals surface area contributed by atoms with Gasteiger partial charge < -0.3 is 10.2 Å². The highest BCUT2D eigenvalue weighted by atomic mass is 35.5. The van der Waals surface area contributed by atoms with Crippen LogP contribution < -0.4 is 5.32 Å². The van der Waals surface area contributed by atoms with E-state index in [0.29, 0.717) is 35.6 Å². The lowest BCUT2D eigenvalue weighted by Gasteiger charge is -2.21. The molecule has 0 fully saturated rings. The second-order valence-corrected chi connectivity index (χ2v) is 4.92. The van der Waals surface area contributed by atoms with Gasteiger partial charge in [-0.2, -0.15) is 0 Å². The van der Waals surface area contributed by atoms with Crippen molar-refractivity contribution in [1.82, 2.24) is 4.90 Å². The highest BCUT2D eigenvalue weighted by Crippen LogP contribution is 2.20. The average molecular weight is 310 g/mol. The number of amides is 2. The lowest BCUT2D eigenvalue weighted by molar-refractivity contribution is 0.218. The standard InChI is InChI=1S/C12H15Cl3N2O/c1-9-2-3-10(8-11(9)15)16-12(18)17(6-4-13)7-5-14/h2-3,8H,4-7H2,1H3,(H,16,18). The lowest BCUT2D eigenvalue weighted by Crippen LogP contribution is -2.37. The number of benzene rings is 1. The zero-order chi connectivity index (χ0) is 13.5. The molecule has 0 spiro atoms. The van der Waals surface area contributed by atoms with Gasteiger partial charge in [0.1, 0.15) is 0 Å². The normalized spacial score (nSPS) is 10.2. The van der Waals surface area contributed by atoms with Gasteiger partial charge in [-0.25, -0.2) is 4.79 Å². The minimum Gasteiger partial charge on any atom is -0.322 e. The predicted molar refractivity (Wildman–Crippen MR) is 78.2 cm³/mol. The first kappa shape index (κ1) is 15.4. The van der Waals surface area contributed by atoms with Crippen molar-refractivity contribution in [2.24, 2.45) is 0 Å². The average Bonchev–Trinajstić information content (AvgIpc) is 2.33. The molecule has 0 saturated heterocycles. The second kappa shape index (κ2) is 7.72. The smallest absolute Gasteiger partial charge is 0.321 e. The van der Waals surface area contributed by atoms with E-state index in [4.69, 9.17) is 34.8 Å². The molecule has 0 aromatic heterocycles. The molecule has 1 aromatic rings. The molecule has 0 aliphatic rings. The number of anilines is 1. The predicted octanol–water partition coefficient (Wildman–Crippen LogP) is 3.96. The molecule has 1 aromatic carbocycles. The van der Waals surface area contributed by atoms with Gasteiger partial charge in [0.25, 0.3) is 0 Å². The van der Waals surface area contributed by atoms with E-state index in [1.165, 1.54) is 0 Å². The Morgan fingerprint density at radius 1 is 1.28 bits per heavy atom. The van der Waals surface area contributed by atoms with Crippen LogP contribution in [0.15, 0.2) is 18.2 Å². The van der Waals surface area contributed by atoms with Gasteiger partial charge in [0.05, 0.1) is 0 Å². The van der Waals surface area contributed by atoms with Crippen LogP contribution in [0.4, 0.5) is 10.5 Å². The van der Waals surface area contributed by atoms with Crippen LogP contribution in [0.25, 0.3) is 0 Å². The zero-order valence-corrected chi connectivity index (χ0v) is 12.3. The molecule has 2 amide bonds. The van der Waals surface area contributed by atoms with Crippen LogP contribution in [-0.2, 0) is 0 Å². The number of carbonyl (C=O) groups is 1. The Bertz CT molecular complexity index is 406. The molecule has 0 atom stereocenters. The first-order chi connectivity index (χ1) is 8.58. The van der Waals surface area contributed by atoms with E-state index in [0.717, 1.165) is 5.56 Å². The summed E-state index contributed by atoms with van der Waals surface area (Å²) in [4.78, 5) is 13.5. The van der Waals surface area contributed by atoms with Crippen molar-refractivity contribution in [1.29, 1.82) is 0 Å². The Morgan fingerprint density at radius 3 is 2.39 bits per heavy atom. The Hall–Kier alpha value is -0.640. The van der Waals surface area contributed by atoms with Crippen molar-refractivity contribution in [3.63, 3.8) is 0 Å². The SMILES string of the molecule is Cc1ccc(NC(=O)N(CCCl)CCCl)cc1Cl. The molecule has 0 radical (unpaired) electrons. The molecule has 1 N–H and O–H groups in total. The van der Waals surface area contributed by atoms with Gasteiger partial charge in [-0.05, 0) is 24.6 Å². The van der Waals surface area contributed by atoms with Crippen molar-refractivity contribution in [2.75, 3.05) is 30.2 Å². The van der Waals surface area contributed by atoms with Crippen LogP contribution >= 0.6 is 34.8 Å². The van der Waals surface area contributed by atoms with Crippen LogP contribution in [0.5, 0.6) is 0 Å². The maximum atomic E-state index is 11.9. The minimum atomic E-state index is -0.226. The molecule has 0 bridgehead atoms. The van der Waals surface area contributed by atoms with Crippen LogP contribution in [-0.4, -0.2) is 35.8 Å². The van der Waals surface area contributed by atoms with Crippen LogP contribution in [0.2, 0.25) is 5.02 Å². The summed E-state index contributed by atoms with van der Waals surface area (Å²) in [6.07, 6.45) is 0. The monoisotopic (exact) mass is 308 g/mol. The number of alkyl halides is 2. The molecule has 100 valence electrons. The first-order valence-corrected chi connectivity index (χ1v) is 6.97. The number of rotatable bonds is 5. The second-order valence-electron chi connectivity index (χ2n) is 3.76. The maximum Gasteiger partial charge on any atom is 0.321 e. The van der Waals surface area contributed by atoms with Crippen molar-refractivity contribution in [3.8, 4) is 0 Å². The number of nitrogens with one attached hydrogen (secondary N) is 1. The summed E-state index contributed by atoms with van der Waals surface area (Å²) in [6.45, 7) is 2.82. The topological polar surface area (TPSA) is 32.3 Å². The molecule has 3 nitrogen and oxygen atoms in total. The largest absolute Gasteiger partial charge is 0.322 e. The highest BCUT2D eigenvalue weighted by Gasteiger charge is 2.12. The molecule has 18 heavy (non-hydrogen) atoms. The fourth-order valence-corrected chi connectivity index (χ4v) is 1.98. The van der Waals surface area contributed by atoms with Crippen molar-refractivity contribution >= 4 is 46.5 Å². The molecule has 0 unspecified atom stereocenters. The fourth-order valence-electron chi connectivity index (χ4n) is 1.39. The van der Waals surface area contributed by atoms with Crippen molar-refractivity contribution in [2.45, 2.75) is 6.92 Å². The Labute approximate surface area is 122 Å². The van der Waals surface area contributed by atoms with Crippen LogP contribution in [0.1, 0.15) is 5.56 Å². The van der Waals surface area contributed by atoms with E-state index in [1.54, 1.807) is 17.0 Å². The number of hydrogen-bond acceptors (Lipinski definition) is 1. The van der Waals surface area contributed by atoms with Gasteiger partial charge in [-0.1, -0.05) is 17.7 Å². The van der Waals surface area contributed by atoms with E-state index >= 15 is 0 Å². The third kappa shape index (κ3) is 4.56. The van der Waals surface area contributed by atoms with E-state index in [-0.39, 0.29) is 6.03 Å². The summed E-state index contributed by atoms with van der Waals surface area (Å²) in [5, 5.41) is 3.38. The molecular weight excluding hydrogens is 295 g/mol.